The van der Waals surface area contributed by atoms with E-state index in [0.29, 0.717) is 0 Å². The zero-order valence-electron chi connectivity index (χ0n) is 17.5. The van der Waals surface area contributed by atoms with Gasteiger partial charge in [-0.1, -0.05) is 17.7 Å². The highest BCUT2D eigenvalue weighted by molar-refractivity contribution is 7.92. The first kappa shape index (κ1) is 25.4. The van der Waals surface area contributed by atoms with Gasteiger partial charge in [0.15, 0.2) is 0 Å². The number of aliphatic hydroxyl groups is 1. The molecule has 8 nitrogen and oxygen atoms in total. The second-order valence-electron chi connectivity index (χ2n) is 6.99. The van der Waals surface area contributed by atoms with Gasteiger partial charge in [-0.2, -0.15) is 13.2 Å². The third kappa shape index (κ3) is 5.64. The molecule has 0 radical (unpaired) electrons. The summed E-state index contributed by atoms with van der Waals surface area (Å²) in [6.07, 6.45) is -2.29. The molecule has 3 N–H and O–H groups in total. The molecule has 0 amide bonds. The topological polar surface area (TPSA) is 121 Å². The Morgan fingerprint density at radius 1 is 1.18 bits per heavy atom. The van der Waals surface area contributed by atoms with E-state index < -0.39 is 38.0 Å². The van der Waals surface area contributed by atoms with Gasteiger partial charge < -0.3 is 10.4 Å². The van der Waals surface area contributed by atoms with Crippen LogP contribution in [-0.2, 0) is 16.2 Å². The number of hydrogen-bond donors (Lipinski definition) is 3. The molecule has 2 aromatic heterocycles. The van der Waals surface area contributed by atoms with E-state index in [-0.39, 0.29) is 40.9 Å². The summed E-state index contributed by atoms with van der Waals surface area (Å²) in [5.41, 5.74) is -2.14. The van der Waals surface area contributed by atoms with Crippen LogP contribution < -0.4 is 10.0 Å². The number of aromatic nitrogens is 2. The predicted molar refractivity (Wildman–Crippen MR) is 119 cm³/mol. The molecular weight excluding hydrogens is 497 g/mol. The van der Waals surface area contributed by atoms with Crippen molar-refractivity contribution in [2.24, 2.45) is 0 Å². The highest BCUT2D eigenvalue weighted by atomic mass is 35.5. The lowest BCUT2D eigenvalue weighted by Gasteiger charge is -2.16. The number of ketones is 1. The Hall–Kier alpha value is -3.22. The van der Waals surface area contributed by atoms with Gasteiger partial charge in [0.1, 0.15) is 11.5 Å². The minimum absolute atomic E-state index is 0.00459. The van der Waals surface area contributed by atoms with E-state index in [9.17, 15) is 26.4 Å². The van der Waals surface area contributed by atoms with Crippen LogP contribution in [0.15, 0.2) is 53.7 Å². The minimum Gasteiger partial charge on any atom is -0.395 e. The molecule has 1 aromatic carbocycles. The van der Waals surface area contributed by atoms with Crippen LogP contribution >= 0.6 is 11.6 Å². The number of pyridine rings is 2. The Balaban J connectivity index is 2.02. The molecule has 0 unspecified atom stereocenters. The first-order chi connectivity index (χ1) is 15.9. The van der Waals surface area contributed by atoms with E-state index >= 15 is 0 Å². The van der Waals surface area contributed by atoms with Crippen LogP contribution in [0, 0.1) is 6.92 Å². The molecular formula is C21H18ClF3N4O4S. The molecule has 0 spiro atoms. The van der Waals surface area contributed by atoms with Crippen LogP contribution in [0.2, 0.25) is 5.02 Å². The number of carbonyl (C=O) groups is 1. The zero-order chi connectivity index (χ0) is 25.1. The maximum Gasteiger partial charge on any atom is 0.416 e. The Morgan fingerprint density at radius 3 is 2.59 bits per heavy atom. The first-order valence-electron chi connectivity index (χ1n) is 9.64. The highest BCUT2D eigenvalue weighted by Crippen LogP contribution is 2.35. The third-order valence-electron chi connectivity index (χ3n) is 4.63. The number of carbonyl (C=O) groups excluding carboxylic acids is 1. The smallest absolute Gasteiger partial charge is 0.395 e. The third-order valence-corrected chi connectivity index (χ3v) is 6.35. The number of anilines is 2. The van der Waals surface area contributed by atoms with Crippen molar-refractivity contribution in [3.05, 3.63) is 76.2 Å². The summed E-state index contributed by atoms with van der Waals surface area (Å²) in [5.74, 6) is -0.403. The van der Waals surface area contributed by atoms with Crippen LogP contribution in [0.5, 0.6) is 0 Å². The molecule has 34 heavy (non-hydrogen) atoms. The second kappa shape index (κ2) is 9.95. The van der Waals surface area contributed by atoms with Crippen molar-refractivity contribution in [3.8, 4) is 0 Å². The lowest BCUT2D eigenvalue weighted by molar-refractivity contribution is -0.138. The molecule has 2 heterocycles. The Kier molecular flexibility index (Phi) is 7.44. The van der Waals surface area contributed by atoms with Crippen LogP contribution in [0.25, 0.3) is 0 Å². The Morgan fingerprint density at radius 2 is 1.91 bits per heavy atom. The van der Waals surface area contributed by atoms with E-state index in [1.165, 1.54) is 18.3 Å². The number of halogens is 4. The summed E-state index contributed by atoms with van der Waals surface area (Å²) in [6, 6.07) is 6.66. The van der Waals surface area contributed by atoms with Gasteiger partial charge in [-0.15, -0.1) is 0 Å². The highest BCUT2D eigenvalue weighted by Gasteiger charge is 2.35. The molecule has 0 aliphatic carbocycles. The van der Waals surface area contributed by atoms with Gasteiger partial charge in [0, 0.05) is 24.5 Å². The van der Waals surface area contributed by atoms with E-state index in [0.717, 1.165) is 37.4 Å². The lowest BCUT2D eigenvalue weighted by atomic mass is 10.1. The second-order valence-corrected chi connectivity index (χ2v) is 9.08. The molecule has 0 bridgehead atoms. The maximum absolute atomic E-state index is 13.3. The van der Waals surface area contributed by atoms with Crippen molar-refractivity contribution < 1.29 is 31.5 Å². The summed E-state index contributed by atoms with van der Waals surface area (Å²) in [5, 5.41) is 11.7. The molecule has 0 saturated carbocycles. The first-order valence-corrected chi connectivity index (χ1v) is 11.5. The van der Waals surface area contributed by atoms with Crippen molar-refractivity contribution in [1.29, 1.82) is 0 Å². The summed E-state index contributed by atoms with van der Waals surface area (Å²) >= 11 is 5.94. The van der Waals surface area contributed by atoms with Crippen molar-refractivity contribution >= 4 is 38.9 Å². The monoisotopic (exact) mass is 514 g/mol. The predicted octanol–water partition coefficient (Wildman–Crippen LogP) is 3.89. The van der Waals surface area contributed by atoms with Crippen LogP contribution in [0.4, 0.5) is 24.7 Å². The maximum atomic E-state index is 13.3. The summed E-state index contributed by atoms with van der Waals surface area (Å²) in [6.45, 7) is 1.06. The van der Waals surface area contributed by atoms with Crippen LogP contribution in [0.3, 0.4) is 0 Å². The van der Waals surface area contributed by atoms with Gasteiger partial charge in [0.05, 0.1) is 27.8 Å². The summed E-state index contributed by atoms with van der Waals surface area (Å²) in [7, 11) is -4.56. The van der Waals surface area contributed by atoms with Gasteiger partial charge in [-0.3, -0.25) is 9.52 Å². The molecule has 3 aromatic rings. The average Bonchev–Trinajstić information content (AvgIpc) is 2.76. The Labute approximate surface area is 197 Å². The number of sulfonamides is 1. The average molecular weight is 515 g/mol. The van der Waals surface area contributed by atoms with Crippen molar-refractivity contribution in [2.75, 3.05) is 23.2 Å². The Bertz CT molecular complexity index is 1330. The van der Waals surface area contributed by atoms with E-state index in [1.807, 2.05) is 0 Å². The fourth-order valence-corrected chi connectivity index (χ4v) is 4.58. The molecule has 0 aliphatic rings. The summed E-state index contributed by atoms with van der Waals surface area (Å²) in [4.78, 5) is 20.4. The van der Waals surface area contributed by atoms with Crippen molar-refractivity contribution in [1.82, 2.24) is 9.97 Å². The van der Waals surface area contributed by atoms with Gasteiger partial charge >= 0.3 is 6.18 Å². The standard InChI is InChI=1S/C21H18ClF3N4O4S/c1-12-15(21(23,24)25)3-2-4-17(12)34(32,33)29-16-10-14(22)11-28-19(16)20(31)13-5-6-26-18(9-13)27-7-8-30/h2-6,9-11,29-30H,7-8H2,1H3,(H,26,27). The number of nitrogens with zero attached hydrogens (tertiary/aromatic N) is 2. The summed E-state index contributed by atoms with van der Waals surface area (Å²) < 4.78 is 67.9. The zero-order valence-corrected chi connectivity index (χ0v) is 19.1. The van der Waals surface area contributed by atoms with Crippen LogP contribution in [-0.4, -0.2) is 42.4 Å². The number of alkyl halides is 3. The molecule has 180 valence electrons. The fraction of sp³-hybridized carbons (Fsp3) is 0.190. The van der Waals surface area contributed by atoms with E-state index in [4.69, 9.17) is 16.7 Å². The molecule has 0 fully saturated rings. The number of hydrogen-bond acceptors (Lipinski definition) is 7. The molecule has 0 aliphatic heterocycles. The van der Waals surface area contributed by atoms with Crippen molar-refractivity contribution in [2.45, 2.75) is 18.0 Å². The number of nitrogens with one attached hydrogen (secondary N) is 2. The quantitative estimate of drug-likeness (QED) is 0.390. The fourth-order valence-electron chi connectivity index (χ4n) is 3.10. The van der Waals surface area contributed by atoms with Crippen LogP contribution in [0.1, 0.15) is 27.2 Å². The largest absolute Gasteiger partial charge is 0.416 e. The van der Waals surface area contributed by atoms with Gasteiger partial charge in [-0.25, -0.2) is 18.4 Å². The van der Waals surface area contributed by atoms with Gasteiger partial charge in [0.2, 0.25) is 5.78 Å². The van der Waals surface area contributed by atoms with Crippen molar-refractivity contribution in [3.63, 3.8) is 0 Å². The number of rotatable bonds is 8. The van der Waals surface area contributed by atoms with E-state index in [2.05, 4.69) is 20.0 Å². The molecule has 3 rings (SSSR count). The SMILES string of the molecule is Cc1c(C(F)(F)F)cccc1S(=O)(=O)Nc1cc(Cl)cnc1C(=O)c1ccnc(NCCO)c1. The minimum atomic E-state index is -4.75. The van der Waals surface area contributed by atoms with Gasteiger partial charge in [0.25, 0.3) is 10.0 Å². The number of benzene rings is 1. The van der Waals surface area contributed by atoms with Gasteiger partial charge in [-0.05, 0) is 42.8 Å². The van der Waals surface area contributed by atoms with E-state index in [1.54, 1.807) is 0 Å². The molecule has 0 saturated heterocycles. The lowest BCUT2D eigenvalue weighted by Crippen LogP contribution is -2.19. The number of aliphatic hydroxyl groups excluding tert-OH is 1. The normalized spacial score (nSPS) is 11.8. The molecule has 0 atom stereocenters. The molecule has 13 heteroatoms.